The number of methoxy groups -OCH3 is 1. The van der Waals surface area contributed by atoms with E-state index in [0.29, 0.717) is 11.7 Å². The molecule has 1 aromatic heterocycles. The molecule has 1 aromatic carbocycles. The monoisotopic (exact) mass is 274 g/mol. The van der Waals surface area contributed by atoms with Crippen molar-refractivity contribution in [3.05, 3.63) is 35.9 Å². The SMILES string of the molecule is COc1ccc(C(C)(C)C)cc1-c1cnc(C(C)N)o1. The van der Waals surface area contributed by atoms with Gasteiger partial charge in [0.15, 0.2) is 5.76 Å². The van der Waals surface area contributed by atoms with Gasteiger partial charge in [-0.1, -0.05) is 26.8 Å². The van der Waals surface area contributed by atoms with E-state index in [0.717, 1.165) is 11.3 Å². The van der Waals surface area contributed by atoms with Crippen LogP contribution in [0, 0.1) is 0 Å². The van der Waals surface area contributed by atoms with E-state index in [4.69, 9.17) is 14.9 Å². The molecule has 0 amide bonds. The maximum absolute atomic E-state index is 5.79. The molecule has 0 bridgehead atoms. The fourth-order valence-electron chi connectivity index (χ4n) is 1.99. The summed E-state index contributed by atoms with van der Waals surface area (Å²) in [4.78, 5) is 4.21. The first-order chi connectivity index (χ1) is 9.32. The molecule has 108 valence electrons. The van der Waals surface area contributed by atoms with Crippen LogP contribution in [0.4, 0.5) is 0 Å². The van der Waals surface area contributed by atoms with Gasteiger partial charge in [-0.2, -0.15) is 0 Å². The number of nitrogens with two attached hydrogens (primary N) is 1. The summed E-state index contributed by atoms with van der Waals surface area (Å²) in [5.74, 6) is 1.98. The molecular formula is C16H22N2O2. The highest BCUT2D eigenvalue weighted by atomic mass is 16.5. The highest BCUT2D eigenvalue weighted by Crippen LogP contribution is 2.35. The predicted molar refractivity (Wildman–Crippen MR) is 79.8 cm³/mol. The lowest BCUT2D eigenvalue weighted by Crippen LogP contribution is -2.11. The molecule has 4 nitrogen and oxygen atoms in total. The first-order valence-electron chi connectivity index (χ1n) is 6.73. The second kappa shape index (κ2) is 5.29. The van der Waals surface area contributed by atoms with Gasteiger partial charge < -0.3 is 14.9 Å². The number of hydrogen-bond donors (Lipinski definition) is 1. The second-order valence-corrected chi connectivity index (χ2v) is 6.02. The van der Waals surface area contributed by atoms with Crippen molar-refractivity contribution in [1.29, 1.82) is 0 Å². The van der Waals surface area contributed by atoms with Gasteiger partial charge in [0.05, 0.1) is 24.9 Å². The highest BCUT2D eigenvalue weighted by Gasteiger charge is 2.19. The number of oxazole rings is 1. The zero-order chi connectivity index (χ0) is 14.9. The first kappa shape index (κ1) is 14.6. The van der Waals surface area contributed by atoms with Gasteiger partial charge in [0.25, 0.3) is 0 Å². The van der Waals surface area contributed by atoms with E-state index < -0.39 is 0 Å². The van der Waals surface area contributed by atoms with Gasteiger partial charge in [-0.05, 0) is 30.0 Å². The zero-order valence-electron chi connectivity index (χ0n) is 12.7. The van der Waals surface area contributed by atoms with Crippen LogP contribution in [-0.2, 0) is 5.41 Å². The Kier molecular flexibility index (Phi) is 3.86. The molecule has 0 fully saturated rings. The minimum Gasteiger partial charge on any atom is -0.496 e. The average molecular weight is 274 g/mol. The molecular weight excluding hydrogens is 252 g/mol. The molecule has 0 aliphatic heterocycles. The lowest BCUT2D eigenvalue weighted by atomic mass is 9.86. The third kappa shape index (κ3) is 2.85. The van der Waals surface area contributed by atoms with E-state index in [9.17, 15) is 0 Å². The highest BCUT2D eigenvalue weighted by molar-refractivity contribution is 5.66. The fourth-order valence-corrected chi connectivity index (χ4v) is 1.99. The van der Waals surface area contributed by atoms with Crippen LogP contribution in [0.5, 0.6) is 5.75 Å². The largest absolute Gasteiger partial charge is 0.496 e. The lowest BCUT2D eigenvalue weighted by Gasteiger charge is -2.20. The van der Waals surface area contributed by atoms with Crippen LogP contribution in [0.15, 0.2) is 28.8 Å². The molecule has 0 aliphatic carbocycles. The van der Waals surface area contributed by atoms with Crippen molar-refractivity contribution in [2.75, 3.05) is 7.11 Å². The number of ether oxygens (including phenoxy) is 1. The summed E-state index contributed by atoms with van der Waals surface area (Å²) in [6, 6.07) is 5.90. The Morgan fingerprint density at radius 3 is 2.50 bits per heavy atom. The topological polar surface area (TPSA) is 61.3 Å². The molecule has 1 unspecified atom stereocenters. The van der Waals surface area contributed by atoms with Crippen LogP contribution in [0.2, 0.25) is 0 Å². The molecule has 20 heavy (non-hydrogen) atoms. The maximum atomic E-state index is 5.79. The summed E-state index contributed by atoms with van der Waals surface area (Å²) in [6.45, 7) is 8.36. The summed E-state index contributed by atoms with van der Waals surface area (Å²) in [7, 11) is 1.65. The molecule has 0 radical (unpaired) electrons. The quantitative estimate of drug-likeness (QED) is 0.927. The summed E-state index contributed by atoms with van der Waals surface area (Å²) in [5.41, 5.74) is 7.96. The Bertz CT molecular complexity index is 595. The lowest BCUT2D eigenvalue weighted by molar-refractivity contribution is 0.412. The summed E-state index contributed by atoms with van der Waals surface area (Å²) in [5, 5.41) is 0. The van der Waals surface area contributed by atoms with Gasteiger partial charge >= 0.3 is 0 Å². The van der Waals surface area contributed by atoms with E-state index in [1.807, 2.05) is 13.0 Å². The van der Waals surface area contributed by atoms with Crippen LogP contribution in [0.3, 0.4) is 0 Å². The zero-order valence-corrected chi connectivity index (χ0v) is 12.7. The minimum absolute atomic E-state index is 0.0605. The van der Waals surface area contributed by atoms with Crippen molar-refractivity contribution in [2.45, 2.75) is 39.2 Å². The summed E-state index contributed by atoms with van der Waals surface area (Å²) in [6.07, 6.45) is 1.70. The van der Waals surface area contributed by atoms with E-state index in [1.165, 1.54) is 5.56 Å². The van der Waals surface area contributed by atoms with Crippen molar-refractivity contribution in [3.8, 4) is 17.1 Å². The molecule has 2 N–H and O–H groups in total. The van der Waals surface area contributed by atoms with Gasteiger partial charge in [0.2, 0.25) is 5.89 Å². The van der Waals surface area contributed by atoms with E-state index in [2.05, 4.69) is 37.9 Å². The molecule has 1 atom stereocenters. The molecule has 0 saturated heterocycles. The van der Waals surface area contributed by atoms with E-state index >= 15 is 0 Å². The van der Waals surface area contributed by atoms with Crippen LogP contribution in [0.25, 0.3) is 11.3 Å². The van der Waals surface area contributed by atoms with Crippen LogP contribution in [0.1, 0.15) is 45.2 Å². The molecule has 1 heterocycles. The Balaban J connectivity index is 2.52. The van der Waals surface area contributed by atoms with Crippen molar-refractivity contribution in [3.63, 3.8) is 0 Å². The third-order valence-corrected chi connectivity index (χ3v) is 3.24. The third-order valence-electron chi connectivity index (χ3n) is 3.24. The Morgan fingerprint density at radius 2 is 2.00 bits per heavy atom. The maximum Gasteiger partial charge on any atom is 0.211 e. The molecule has 0 aliphatic rings. The number of rotatable bonds is 3. The van der Waals surface area contributed by atoms with Gasteiger partial charge in [-0.3, -0.25) is 0 Å². The molecule has 0 spiro atoms. The molecule has 0 saturated carbocycles. The summed E-state index contributed by atoms with van der Waals surface area (Å²) < 4.78 is 11.1. The number of aromatic nitrogens is 1. The van der Waals surface area contributed by atoms with Crippen molar-refractivity contribution in [2.24, 2.45) is 5.73 Å². The Morgan fingerprint density at radius 1 is 1.30 bits per heavy atom. The van der Waals surface area contributed by atoms with Crippen molar-refractivity contribution >= 4 is 0 Å². The van der Waals surface area contributed by atoms with E-state index in [-0.39, 0.29) is 11.5 Å². The Labute approximate surface area is 120 Å². The van der Waals surface area contributed by atoms with Crippen LogP contribution >= 0.6 is 0 Å². The van der Waals surface area contributed by atoms with Crippen LogP contribution < -0.4 is 10.5 Å². The van der Waals surface area contributed by atoms with Gasteiger partial charge in [-0.15, -0.1) is 0 Å². The van der Waals surface area contributed by atoms with Gasteiger partial charge in [0, 0.05) is 0 Å². The number of benzene rings is 1. The Hall–Kier alpha value is -1.81. The standard InChI is InChI=1S/C16H22N2O2/c1-10(17)15-18-9-14(20-15)12-8-11(16(2,3)4)6-7-13(12)19-5/h6-10H,17H2,1-5H3. The second-order valence-electron chi connectivity index (χ2n) is 6.02. The average Bonchev–Trinajstić information content (AvgIpc) is 2.86. The van der Waals surface area contributed by atoms with Gasteiger partial charge in [0.1, 0.15) is 5.75 Å². The molecule has 2 aromatic rings. The smallest absolute Gasteiger partial charge is 0.211 e. The molecule has 2 rings (SSSR count). The number of hydrogen-bond acceptors (Lipinski definition) is 4. The van der Waals surface area contributed by atoms with Gasteiger partial charge in [-0.25, -0.2) is 4.98 Å². The first-order valence-corrected chi connectivity index (χ1v) is 6.73. The van der Waals surface area contributed by atoms with Crippen molar-refractivity contribution in [1.82, 2.24) is 4.98 Å². The number of nitrogens with zero attached hydrogens (tertiary/aromatic N) is 1. The normalized spacial score (nSPS) is 13.3. The minimum atomic E-state index is -0.222. The fraction of sp³-hybridized carbons (Fsp3) is 0.438. The van der Waals surface area contributed by atoms with Crippen LogP contribution in [-0.4, -0.2) is 12.1 Å². The summed E-state index contributed by atoms with van der Waals surface area (Å²) >= 11 is 0. The predicted octanol–water partition coefficient (Wildman–Crippen LogP) is 3.67. The van der Waals surface area contributed by atoms with Crippen molar-refractivity contribution < 1.29 is 9.15 Å². The molecule has 4 heteroatoms. The van der Waals surface area contributed by atoms with E-state index in [1.54, 1.807) is 13.3 Å².